The molecule has 0 atom stereocenters. The standard InChI is InChI=1S/C27H29NO4S/c1-6-30-26(29)24-21(13-19-9-12-22-23(14-19)32-16-31-22)17(2)33-25(24)28-15-18-7-10-20(11-8-18)27(3,4)5/h7-12,14-15H,6,13,16H2,1-5H3. The zero-order chi connectivity index (χ0) is 23.6. The van der Waals surface area contributed by atoms with Gasteiger partial charge in [-0.15, -0.1) is 11.3 Å². The van der Waals surface area contributed by atoms with E-state index in [1.807, 2.05) is 38.3 Å². The smallest absolute Gasteiger partial charge is 0.341 e. The third kappa shape index (κ3) is 5.11. The summed E-state index contributed by atoms with van der Waals surface area (Å²) in [4.78, 5) is 18.7. The number of aryl methyl sites for hydroxylation is 1. The van der Waals surface area contributed by atoms with Crippen LogP contribution in [0.15, 0.2) is 47.5 Å². The first-order chi connectivity index (χ1) is 15.8. The minimum absolute atomic E-state index is 0.0985. The van der Waals surface area contributed by atoms with E-state index in [-0.39, 0.29) is 18.2 Å². The van der Waals surface area contributed by atoms with Crippen LogP contribution in [0.25, 0.3) is 0 Å². The molecule has 0 spiro atoms. The minimum Gasteiger partial charge on any atom is -0.462 e. The fourth-order valence-electron chi connectivity index (χ4n) is 3.74. The Balaban J connectivity index is 1.65. The summed E-state index contributed by atoms with van der Waals surface area (Å²) in [7, 11) is 0. The Hall–Kier alpha value is -3.12. The maximum atomic E-state index is 12.9. The normalized spacial score (nSPS) is 13.0. The van der Waals surface area contributed by atoms with Gasteiger partial charge in [0.1, 0.15) is 10.6 Å². The molecule has 0 fully saturated rings. The Morgan fingerprint density at radius 3 is 2.55 bits per heavy atom. The largest absolute Gasteiger partial charge is 0.462 e. The summed E-state index contributed by atoms with van der Waals surface area (Å²) < 4.78 is 16.3. The lowest BCUT2D eigenvalue weighted by Gasteiger charge is -2.18. The second kappa shape index (κ2) is 9.40. The van der Waals surface area contributed by atoms with Gasteiger partial charge in [0.25, 0.3) is 0 Å². The van der Waals surface area contributed by atoms with Gasteiger partial charge in [0.2, 0.25) is 6.79 Å². The molecule has 1 aromatic heterocycles. The van der Waals surface area contributed by atoms with Crippen molar-refractivity contribution >= 4 is 28.5 Å². The second-order valence-corrected chi connectivity index (χ2v) is 10.2. The summed E-state index contributed by atoms with van der Waals surface area (Å²) in [5, 5.41) is 0.668. The number of rotatable bonds is 6. The molecular formula is C27H29NO4S. The molecule has 172 valence electrons. The molecule has 0 unspecified atom stereocenters. The van der Waals surface area contributed by atoms with Crippen LogP contribution in [0.3, 0.4) is 0 Å². The molecule has 0 radical (unpaired) electrons. The van der Waals surface area contributed by atoms with Gasteiger partial charge in [-0.3, -0.25) is 0 Å². The van der Waals surface area contributed by atoms with Crippen LogP contribution in [-0.2, 0) is 16.6 Å². The number of ether oxygens (including phenoxy) is 3. The van der Waals surface area contributed by atoms with Crippen LogP contribution in [0.5, 0.6) is 11.5 Å². The van der Waals surface area contributed by atoms with E-state index >= 15 is 0 Å². The number of fused-ring (bicyclic) bond motifs is 1. The van der Waals surface area contributed by atoms with Crippen molar-refractivity contribution in [3.05, 3.63) is 75.2 Å². The summed E-state index contributed by atoms with van der Waals surface area (Å²) in [6.45, 7) is 11.0. The monoisotopic (exact) mass is 463 g/mol. The molecule has 0 saturated heterocycles. The zero-order valence-electron chi connectivity index (χ0n) is 19.7. The van der Waals surface area contributed by atoms with E-state index in [0.717, 1.165) is 33.1 Å². The molecule has 0 saturated carbocycles. The summed E-state index contributed by atoms with van der Waals surface area (Å²) in [5.74, 6) is 1.14. The lowest BCUT2D eigenvalue weighted by atomic mass is 9.87. The van der Waals surface area contributed by atoms with Gasteiger partial charge in [-0.1, -0.05) is 51.1 Å². The number of hydrogen-bond acceptors (Lipinski definition) is 6. The van der Waals surface area contributed by atoms with Crippen LogP contribution in [-0.4, -0.2) is 25.6 Å². The molecule has 2 heterocycles. The summed E-state index contributed by atoms with van der Waals surface area (Å²) in [6, 6.07) is 14.2. The van der Waals surface area contributed by atoms with E-state index in [9.17, 15) is 4.79 Å². The average Bonchev–Trinajstić information content (AvgIpc) is 3.36. The molecular weight excluding hydrogens is 434 g/mol. The molecule has 1 aliphatic rings. The van der Waals surface area contributed by atoms with E-state index in [2.05, 4.69) is 45.0 Å². The van der Waals surface area contributed by atoms with Gasteiger partial charge in [-0.25, -0.2) is 9.79 Å². The molecule has 0 aliphatic carbocycles. The lowest BCUT2D eigenvalue weighted by Crippen LogP contribution is -2.10. The first-order valence-electron chi connectivity index (χ1n) is 11.1. The van der Waals surface area contributed by atoms with Crippen LogP contribution in [0.1, 0.15) is 65.2 Å². The fraction of sp³-hybridized carbons (Fsp3) is 0.333. The highest BCUT2D eigenvalue weighted by Crippen LogP contribution is 2.39. The van der Waals surface area contributed by atoms with E-state index in [1.54, 1.807) is 0 Å². The van der Waals surface area contributed by atoms with E-state index in [0.29, 0.717) is 23.6 Å². The second-order valence-electron chi connectivity index (χ2n) is 9.03. The number of benzene rings is 2. The number of carbonyl (C=O) groups is 1. The maximum absolute atomic E-state index is 12.9. The first-order valence-corrected chi connectivity index (χ1v) is 11.9. The van der Waals surface area contributed by atoms with E-state index in [1.165, 1.54) is 16.9 Å². The van der Waals surface area contributed by atoms with Crippen molar-refractivity contribution in [1.82, 2.24) is 0 Å². The van der Waals surface area contributed by atoms with Crippen LogP contribution >= 0.6 is 11.3 Å². The van der Waals surface area contributed by atoms with Crippen LogP contribution < -0.4 is 9.47 Å². The van der Waals surface area contributed by atoms with Gasteiger partial charge >= 0.3 is 5.97 Å². The Morgan fingerprint density at radius 2 is 1.85 bits per heavy atom. The highest BCUT2D eigenvalue weighted by Gasteiger charge is 2.24. The van der Waals surface area contributed by atoms with Crippen LogP contribution in [0.4, 0.5) is 5.00 Å². The minimum atomic E-state index is -0.340. The van der Waals surface area contributed by atoms with Crippen LogP contribution in [0, 0.1) is 6.92 Å². The first kappa shape index (κ1) is 23.1. The topological polar surface area (TPSA) is 57.1 Å². The number of thiophene rings is 1. The van der Waals surface area contributed by atoms with Crippen LogP contribution in [0.2, 0.25) is 0 Å². The SMILES string of the molecule is CCOC(=O)c1c(N=Cc2ccc(C(C)(C)C)cc2)sc(C)c1Cc1ccc2c(c1)OCO2. The van der Waals surface area contributed by atoms with Gasteiger partial charge in [0.05, 0.1) is 6.61 Å². The van der Waals surface area contributed by atoms with Crippen molar-refractivity contribution < 1.29 is 19.0 Å². The molecule has 5 nitrogen and oxygen atoms in total. The molecule has 1 aliphatic heterocycles. The van der Waals surface area contributed by atoms with Gasteiger partial charge < -0.3 is 14.2 Å². The van der Waals surface area contributed by atoms with Gasteiger partial charge in [-0.05, 0) is 60.1 Å². The van der Waals surface area contributed by atoms with Gasteiger partial charge in [-0.2, -0.15) is 0 Å². The Labute approximate surface area is 199 Å². The Morgan fingerprint density at radius 1 is 1.12 bits per heavy atom. The van der Waals surface area contributed by atoms with Crippen molar-refractivity contribution in [2.24, 2.45) is 4.99 Å². The highest BCUT2D eigenvalue weighted by molar-refractivity contribution is 7.16. The molecule has 0 amide bonds. The predicted molar refractivity (Wildman–Crippen MR) is 133 cm³/mol. The number of esters is 1. The average molecular weight is 464 g/mol. The molecule has 2 aromatic carbocycles. The molecule has 0 bridgehead atoms. The zero-order valence-corrected chi connectivity index (χ0v) is 20.5. The van der Waals surface area contributed by atoms with Gasteiger partial charge in [0, 0.05) is 11.1 Å². The molecule has 4 rings (SSSR count). The molecule has 33 heavy (non-hydrogen) atoms. The Kier molecular flexibility index (Phi) is 6.56. The molecule has 6 heteroatoms. The molecule has 0 N–H and O–H groups in total. The fourth-order valence-corrected chi connectivity index (χ4v) is 4.74. The maximum Gasteiger partial charge on any atom is 0.341 e. The third-order valence-corrected chi connectivity index (χ3v) is 6.65. The molecule has 3 aromatic rings. The third-order valence-electron chi connectivity index (χ3n) is 5.60. The summed E-state index contributed by atoms with van der Waals surface area (Å²) >= 11 is 1.51. The predicted octanol–water partition coefficient (Wildman–Crippen LogP) is 6.60. The number of hydrogen-bond donors (Lipinski definition) is 0. The number of nitrogens with zero attached hydrogens (tertiary/aromatic N) is 1. The van der Waals surface area contributed by atoms with Crippen molar-refractivity contribution in [1.29, 1.82) is 0 Å². The van der Waals surface area contributed by atoms with Crippen molar-refractivity contribution in [2.75, 3.05) is 13.4 Å². The number of carbonyl (C=O) groups excluding carboxylic acids is 1. The highest BCUT2D eigenvalue weighted by atomic mass is 32.1. The van der Waals surface area contributed by atoms with Crippen molar-refractivity contribution in [3.8, 4) is 11.5 Å². The summed E-state index contributed by atoms with van der Waals surface area (Å²) in [6.07, 6.45) is 2.40. The van der Waals surface area contributed by atoms with E-state index < -0.39 is 0 Å². The van der Waals surface area contributed by atoms with E-state index in [4.69, 9.17) is 19.2 Å². The van der Waals surface area contributed by atoms with Crippen molar-refractivity contribution in [2.45, 2.75) is 46.5 Å². The summed E-state index contributed by atoms with van der Waals surface area (Å²) in [5.41, 5.74) is 4.87. The van der Waals surface area contributed by atoms with Crippen molar-refractivity contribution in [3.63, 3.8) is 0 Å². The quantitative estimate of drug-likeness (QED) is 0.305. The number of aliphatic imine (C=N–C) groups is 1. The van der Waals surface area contributed by atoms with Gasteiger partial charge in [0.15, 0.2) is 11.5 Å². The Bertz CT molecular complexity index is 1190. The lowest BCUT2D eigenvalue weighted by molar-refractivity contribution is 0.0527.